The third-order valence-corrected chi connectivity index (χ3v) is 4.27. The number of fused-ring (bicyclic) bond motifs is 1. The van der Waals surface area contributed by atoms with Gasteiger partial charge in [0.25, 0.3) is 5.91 Å². The summed E-state index contributed by atoms with van der Waals surface area (Å²) >= 11 is 6.17. The van der Waals surface area contributed by atoms with E-state index in [9.17, 15) is 4.79 Å². The fourth-order valence-corrected chi connectivity index (χ4v) is 3.21. The monoisotopic (exact) mass is 333 g/mol. The van der Waals surface area contributed by atoms with Crippen LogP contribution in [-0.2, 0) is 4.79 Å². The normalized spacial score (nSPS) is 21.4. The maximum absolute atomic E-state index is 12.4. The summed E-state index contributed by atoms with van der Waals surface area (Å²) in [5, 5.41) is 4.85. The van der Waals surface area contributed by atoms with Crippen LogP contribution in [0.5, 0.6) is 5.75 Å². The molecule has 0 radical (unpaired) electrons. The zero-order chi connectivity index (χ0) is 16.4. The summed E-state index contributed by atoms with van der Waals surface area (Å²) in [6.07, 6.45) is 1.69. The first-order valence-corrected chi connectivity index (χ1v) is 8.12. The molecular weight excluding hydrogens is 314 g/mol. The number of pyridine rings is 1. The summed E-state index contributed by atoms with van der Waals surface area (Å²) < 4.78 is 5.73. The van der Waals surface area contributed by atoms with Crippen LogP contribution in [0.2, 0.25) is 5.02 Å². The van der Waals surface area contributed by atoms with Crippen LogP contribution in [0.1, 0.15) is 13.8 Å². The highest BCUT2D eigenvalue weighted by Gasteiger charge is 2.25. The number of hydrogen-bond acceptors (Lipinski definition) is 4. The maximum Gasteiger partial charge on any atom is 0.260 e. The molecule has 1 aromatic heterocycles. The van der Waals surface area contributed by atoms with Crippen LogP contribution in [-0.4, -0.2) is 47.6 Å². The lowest BCUT2D eigenvalue weighted by Crippen LogP contribution is -2.56. The molecule has 0 spiro atoms. The lowest BCUT2D eigenvalue weighted by atomic mass is 10.1. The number of hydrogen-bond donors (Lipinski definition) is 1. The molecule has 5 nitrogen and oxygen atoms in total. The van der Waals surface area contributed by atoms with Crippen molar-refractivity contribution in [3.63, 3.8) is 0 Å². The number of piperazine rings is 1. The Hall–Kier alpha value is -1.85. The second kappa shape index (κ2) is 6.72. The minimum absolute atomic E-state index is 0.00669. The van der Waals surface area contributed by atoms with Gasteiger partial charge in [-0.3, -0.25) is 9.78 Å². The van der Waals surface area contributed by atoms with E-state index in [-0.39, 0.29) is 12.5 Å². The first-order valence-electron chi connectivity index (χ1n) is 7.74. The number of halogens is 1. The smallest absolute Gasteiger partial charge is 0.260 e. The summed E-state index contributed by atoms with van der Waals surface area (Å²) in [5.74, 6) is 0.568. The summed E-state index contributed by atoms with van der Waals surface area (Å²) in [6.45, 7) is 5.56. The number of amides is 1. The Bertz CT molecular complexity index is 712. The van der Waals surface area contributed by atoms with Gasteiger partial charge in [-0.15, -0.1) is 0 Å². The molecule has 0 bridgehead atoms. The molecule has 0 aliphatic carbocycles. The number of ether oxygens (including phenoxy) is 1. The van der Waals surface area contributed by atoms with E-state index in [1.165, 1.54) is 0 Å². The van der Waals surface area contributed by atoms with Crippen molar-refractivity contribution in [2.45, 2.75) is 25.9 Å². The average molecular weight is 334 g/mol. The van der Waals surface area contributed by atoms with Crippen molar-refractivity contribution in [2.24, 2.45) is 0 Å². The van der Waals surface area contributed by atoms with Crippen LogP contribution in [0, 0.1) is 0 Å². The topological polar surface area (TPSA) is 54.5 Å². The number of rotatable bonds is 3. The van der Waals surface area contributed by atoms with Crippen LogP contribution in [0.3, 0.4) is 0 Å². The predicted molar refractivity (Wildman–Crippen MR) is 90.9 cm³/mol. The Morgan fingerprint density at radius 2 is 2.09 bits per heavy atom. The molecule has 1 aromatic carbocycles. The van der Waals surface area contributed by atoms with Crippen molar-refractivity contribution < 1.29 is 9.53 Å². The Kier molecular flexibility index (Phi) is 4.68. The number of carbonyl (C=O) groups excluding carboxylic acids is 1. The van der Waals surface area contributed by atoms with Gasteiger partial charge < -0.3 is 15.0 Å². The van der Waals surface area contributed by atoms with Crippen molar-refractivity contribution in [3.8, 4) is 5.75 Å². The fraction of sp³-hybridized carbons (Fsp3) is 0.412. The van der Waals surface area contributed by atoms with Gasteiger partial charge in [0.15, 0.2) is 6.61 Å². The molecule has 0 unspecified atom stereocenters. The van der Waals surface area contributed by atoms with Crippen LogP contribution in [0.15, 0.2) is 30.5 Å². The molecule has 23 heavy (non-hydrogen) atoms. The molecule has 6 heteroatoms. The Labute approximate surface area is 140 Å². The lowest BCUT2D eigenvalue weighted by Gasteiger charge is -2.36. The van der Waals surface area contributed by atoms with Crippen molar-refractivity contribution >= 4 is 28.4 Å². The molecule has 2 atom stereocenters. The second-order valence-electron chi connectivity index (χ2n) is 6.00. The molecule has 1 saturated heterocycles. The van der Waals surface area contributed by atoms with Gasteiger partial charge in [0.2, 0.25) is 0 Å². The van der Waals surface area contributed by atoms with Gasteiger partial charge in [-0.1, -0.05) is 11.6 Å². The van der Waals surface area contributed by atoms with E-state index in [0.717, 1.165) is 5.39 Å². The molecule has 1 fully saturated rings. The fourth-order valence-electron chi connectivity index (χ4n) is 2.99. The number of nitrogens with one attached hydrogen (secondary N) is 1. The molecule has 0 saturated carbocycles. The quantitative estimate of drug-likeness (QED) is 0.937. The first kappa shape index (κ1) is 16.0. The van der Waals surface area contributed by atoms with Crippen molar-refractivity contribution in [1.29, 1.82) is 0 Å². The molecule has 1 aliphatic rings. The highest BCUT2D eigenvalue weighted by Crippen LogP contribution is 2.29. The number of aromatic nitrogens is 1. The Morgan fingerprint density at radius 1 is 1.35 bits per heavy atom. The standard InChI is InChI=1S/C17H20ClN3O2/c1-11-8-21(9-12(2)20-11)16(22)10-23-15-6-5-14(18)13-4-3-7-19-17(13)15/h3-7,11-12,20H,8-10H2,1-2H3/t11-,12-/m0/s1. The Morgan fingerprint density at radius 3 is 2.83 bits per heavy atom. The van der Waals surface area contributed by atoms with Crippen molar-refractivity contribution in [1.82, 2.24) is 15.2 Å². The Balaban J connectivity index is 1.71. The maximum atomic E-state index is 12.4. The zero-order valence-corrected chi connectivity index (χ0v) is 14.0. The SMILES string of the molecule is C[C@H]1CN(C(=O)COc2ccc(Cl)c3cccnc23)C[C@H](C)N1. The highest BCUT2D eigenvalue weighted by atomic mass is 35.5. The van der Waals surface area contributed by atoms with Gasteiger partial charge in [0, 0.05) is 36.8 Å². The summed E-state index contributed by atoms with van der Waals surface area (Å²) in [4.78, 5) is 18.5. The number of benzene rings is 1. The van der Waals surface area contributed by atoms with E-state index >= 15 is 0 Å². The molecule has 3 rings (SSSR count). The minimum Gasteiger partial charge on any atom is -0.481 e. The zero-order valence-electron chi connectivity index (χ0n) is 13.3. The van der Waals surface area contributed by atoms with Crippen LogP contribution < -0.4 is 10.1 Å². The van der Waals surface area contributed by atoms with Gasteiger partial charge in [0.1, 0.15) is 11.3 Å². The van der Waals surface area contributed by atoms with Gasteiger partial charge in [0.05, 0.1) is 5.02 Å². The number of carbonyl (C=O) groups is 1. The van der Waals surface area contributed by atoms with E-state index in [4.69, 9.17) is 16.3 Å². The lowest BCUT2D eigenvalue weighted by molar-refractivity contribution is -0.135. The van der Waals surface area contributed by atoms with Crippen molar-refractivity contribution in [2.75, 3.05) is 19.7 Å². The van der Waals surface area contributed by atoms with Crippen LogP contribution >= 0.6 is 11.6 Å². The summed E-state index contributed by atoms with van der Waals surface area (Å²) in [7, 11) is 0. The van der Waals surface area contributed by atoms with Gasteiger partial charge >= 0.3 is 0 Å². The predicted octanol–water partition coefficient (Wildman–Crippen LogP) is 2.48. The van der Waals surface area contributed by atoms with Crippen molar-refractivity contribution in [3.05, 3.63) is 35.5 Å². The largest absolute Gasteiger partial charge is 0.481 e. The molecular formula is C17H20ClN3O2. The summed E-state index contributed by atoms with van der Waals surface area (Å²) in [6, 6.07) is 7.82. The molecule has 2 heterocycles. The first-order chi connectivity index (χ1) is 11.0. The third kappa shape index (κ3) is 3.57. The minimum atomic E-state index is -0.00997. The molecule has 1 N–H and O–H groups in total. The van der Waals surface area contributed by atoms with E-state index in [1.54, 1.807) is 18.3 Å². The van der Waals surface area contributed by atoms with Crippen LogP contribution in [0.4, 0.5) is 0 Å². The number of nitrogens with zero attached hydrogens (tertiary/aromatic N) is 2. The third-order valence-electron chi connectivity index (χ3n) is 3.94. The van der Waals surface area contributed by atoms with E-state index < -0.39 is 0 Å². The molecule has 122 valence electrons. The van der Waals surface area contributed by atoms with E-state index in [0.29, 0.717) is 41.5 Å². The van der Waals surface area contributed by atoms with Gasteiger partial charge in [-0.25, -0.2) is 0 Å². The molecule has 2 aromatic rings. The van der Waals surface area contributed by atoms with Crippen LogP contribution in [0.25, 0.3) is 10.9 Å². The van der Waals surface area contributed by atoms with E-state index in [2.05, 4.69) is 24.1 Å². The van der Waals surface area contributed by atoms with Gasteiger partial charge in [-0.05, 0) is 38.1 Å². The average Bonchev–Trinajstić information content (AvgIpc) is 2.53. The van der Waals surface area contributed by atoms with E-state index in [1.807, 2.05) is 17.0 Å². The second-order valence-corrected chi connectivity index (χ2v) is 6.41. The molecule has 1 amide bonds. The van der Waals surface area contributed by atoms with Gasteiger partial charge in [-0.2, -0.15) is 0 Å². The summed E-state index contributed by atoms with van der Waals surface area (Å²) in [5.41, 5.74) is 0.676. The molecule has 1 aliphatic heterocycles. The highest BCUT2D eigenvalue weighted by molar-refractivity contribution is 6.35.